The molecule has 0 unspecified atom stereocenters. The second-order valence-corrected chi connectivity index (χ2v) is 8.43. The van der Waals surface area contributed by atoms with Crippen molar-refractivity contribution in [2.45, 2.75) is 0 Å². The minimum Gasteiger partial charge on any atom is -0.478 e. The molecular weight excluding hydrogens is 487 g/mol. The van der Waals surface area contributed by atoms with Crippen LogP contribution in [0.15, 0.2) is 63.9 Å². The van der Waals surface area contributed by atoms with Crippen molar-refractivity contribution in [2.24, 2.45) is 0 Å². The third-order valence-electron chi connectivity index (χ3n) is 4.67. The van der Waals surface area contributed by atoms with Crippen molar-refractivity contribution in [2.75, 3.05) is 11.9 Å². The third-order valence-corrected chi connectivity index (χ3v) is 5.89. The molecule has 1 fully saturated rings. The van der Waals surface area contributed by atoms with Crippen molar-refractivity contribution in [3.05, 3.63) is 81.7 Å². The van der Waals surface area contributed by atoms with Crippen molar-refractivity contribution in [1.82, 2.24) is 4.90 Å². The van der Waals surface area contributed by atoms with E-state index in [1.54, 1.807) is 12.1 Å². The number of carbonyl (C=O) groups is 4. The standard InChI is InChI=1S/C23H14ClFN2O6S/c24-17-8-12(4-6-16(17)22(30)31)18-7-5-15(33-18)10-19-21(29)27(23(32)34-19)11-20(28)26-14-3-1-2-13(25)9-14/h1-10H,11H2,(H,26,28)(H,30,31)/b19-10+. The molecule has 4 rings (SSSR count). The number of carbonyl (C=O) groups excluding carboxylic acids is 3. The number of halogens is 2. The Hall–Kier alpha value is -3.89. The predicted octanol–water partition coefficient (Wildman–Crippen LogP) is 5.11. The van der Waals surface area contributed by atoms with E-state index >= 15 is 0 Å². The molecule has 2 heterocycles. The highest BCUT2D eigenvalue weighted by atomic mass is 35.5. The van der Waals surface area contributed by atoms with Gasteiger partial charge in [0.05, 0.1) is 15.5 Å². The summed E-state index contributed by atoms with van der Waals surface area (Å²) in [5.41, 5.74) is 0.677. The summed E-state index contributed by atoms with van der Waals surface area (Å²) in [6.07, 6.45) is 1.37. The van der Waals surface area contributed by atoms with Gasteiger partial charge >= 0.3 is 5.97 Å². The van der Waals surface area contributed by atoms with Gasteiger partial charge in [-0.05, 0) is 54.2 Å². The summed E-state index contributed by atoms with van der Waals surface area (Å²) >= 11 is 6.65. The van der Waals surface area contributed by atoms with Crippen molar-refractivity contribution in [3.63, 3.8) is 0 Å². The first-order chi connectivity index (χ1) is 16.2. The summed E-state index contributed by atoms with van der Waals surface area (Å²) in [4.78, 5) is 49.1. The predicted molar refractivity (Wildman–Crippen MR) is 124 cm³/mol. The van der Waals surface area contributed by atoms with E-state index in [0.717, 1.165) is 11.0 Å². The number of benzene rings is 2. The van der Waals surface area contributed by atoms with Crippen molar-refractivity contribution >= 4 is 58.1 Å². The van der Waals surface area contributed by atoms with Gasteiger partial charge in [0.1, 0.15) is 23.9 Å². The third kappa shape index (κ3) is 5.03. The van der Waals surface area contributed by atoms with Gasteiger partial charge in [0, 0.05) is 17.3 Å². The molecule has 172 valence electrons. The fourth-order valence-electron chi connectivity index (χ4n) is 3.10. The number of aromatic carboxylic acids is 1. The van der Waals surface area contributed by atoms with Crippen LogP contribution in [0.4, 0.5) is 14.9 Å². The number of imide groups is 1. The average molecular weight is 501 g/mol. The maximum Gasteiger partial charge on any atom is 0.337 e. The molecule has 34 heavy (non-hydrogen) atoms. The molecule has 0 radical (unpaired) electrons. The quantitative estimate of drug-likeness (QED) is 0.451. The average Bonchev–Trinajstić information content (AvgIpc) is 3.34. The summed E-state index contributed by atoms with van der Waals surface area (Å²) in [5.74, 6) is -2.38. The fraction of sp³-hybridized carbons (Fsp3) is 0.0435. The lowest BCUT2D eigenvalue weighted by molar-refractivity contribution is -0.127. The van der Waals surface area contributed by atoms with E-state index in [1.807, 2.05) is 0 Å². The zero-order chi connectivity index (χ0) is 24.4. The van der Waals surface area contributed by atoms with Gasteiger partial charge in [0.25, 0.3) is 11.1 Å². The molecule has 2 aromatic carbocycles. The summed E-state index contributed by atoms with van der Waals surface area (Å²) in [6, 6.07) is 12.7. The van der Waals surface area contributed by atoms with Gasteiger partial charge in [-0.2, -0.15) is 0 Å². The van der Waals surface area contributed by atoms with Crippen LogP contribution in [0.2, 0.25) is 5.02 Å². The Morgan fingerprint density at radius 2 is 1.94 bits per heavy atom. The largest absolute Gasteiger partial charge is 0.478 e. The first kappa shape index (κ1) is 23.3. The Labute approximate surface area is 201 Å². The number of nitrogens with one attached hydrogen (secondary N) is 1. The number of rotatable bonds is 6. The lowest BCUT2D eigenvalue weighted by Crippen LogP contribution is -2.36. The summed E-state index contributed by atoms with van der Waals surface area (Å²) in [6.45, 7) is -0.531. The highest BCUT2D eigenvalue weighted by Crippen LogP contribution is 2.34. The molecule has 1 aliphatic heterocycles. The van der Waals surface area contributed by atoms with E-state index in [9.17, 15) is 23.6 Å². The minimum absolute atomic E-state index is 0.0422. The zero-order valence-electron chi connectivity index (χ0n) is 17.1. The second-order valence-electron chi connectivity index (χ2n) is 7.03. The van der Waals surface area contributed by atoms with Crippen LogP contribution in [0.1, 0.15) is 16.1 Å². The van der Waals surface area contributed by atoms with E-state index in [1.165, 1.54) is 42.5 Å². The molecule has 3 amide bonds. The molecule has 0 aliphatic carbocycles. The van der Waals surface area contributed by atoms with E-state index in [0.29, 0.717) is 23.1 Å². The number of hydrogen-bond acceptors (Lipinski definition) is 6. The van der Waals surface area contributed by atoms with Crippen LogP contribution >= 0.6 is 23.4 Å². The Kier molecular flexibility index (Phi) is 6.53. The highest BCUT2D eigenvalue weighted by molar-refractivity contribution is 8.18. The number of amides is 3. The lowest BCUT2D eigenvalue weighted by Gasteiger charge is -2.12. The molecule has 8 nitrogen and oxygen atoms in total. The van der Waals surface area contributed by atoms with Gasteiger partial charge in [0.2, 0.25) is 5.91 Å². The summed E-state index contributed by atoms with van der Waals surface area (Å²) in [7, 11) is 0. The van der Waals surface area contributed by atoms with Gasteiger partial charge in [0.15, 0.2) is 0 Å². The van der Waals surface area contributed by atoms with Gasteiger partial charge in [-0.15, -0.1) is 0 Å². The van der Waals surface area contributed by atoms with Gasteiger partial charge in [-0.1, -0.05) is 23.7 Å². The topological polar surface area (TPSA) is 117 Å². The molecule has 1 aromatic heterocycles. The Morgan fingerprint density at radius 3 is 2.65 bits per heavy atom. The first-order valence-electron chi connectivity index (χ1n) is 9.65. The van der Waals surface area contributed by atoms with Crippen molar-refractivity contribution in [3.8, 4) is 11.3 Å². The molecule has 0 bridgehead atoms. The summed E-state index contributed by atoms with van der Waals surface area (Å²) < 4.78 is 18.9. The lowest BCUT2D eigenvalue weighted by atomic mass is 10.1. The van der Waals surface area contributed by atoms with E-state index in [-0.39, 0.29) is 26.9 Å². The number of anilines is 1. The molecule has 0 atom stereocenters. The van der Waals surface area contributed by atoms with Crippen molar-refractivity contribution in [1.29, 1.82) is 0 Å². The number of carboxylic acids is 1. The number of thioether (sulfide) groups is 1. The zero-order valence-corrected chi connectivity index (χ0v) is 18.7. The molecule has 1 saturated heterocycles. The van der Waals surface area contributed by atoms with Crippen LogP contribution in [-0.4, -0.2) is 39.6 Å². The van der Waals surface area contributed by atoms with Crippen molar-refractivity contribution < 1.29 is 33.1 Å². The molecular formula is C23H14ClFN2O6S. The van der Waals surface area contributed by atoms with E-state index in [4.69, 9.17) is 21.1 Å². The number of carboxylic acid groups (broad SMARTS) is 1. The van der Waals surface area contributed by atoms with Crippen LogP contribution in [0.3, 0.4) is 0 Å². The number of furan rings is 1. The molecule has 0 spiro atoms. The maximum atomic E-state index is 13.3. The molecule has 11 heteroatoms. The molecule has 0 saturated carbocycles. The number of hydrogen-bond donors (Lipinski definition) is 2. The SMILES string of the molecule is O=C(CN1C(=O)S/C(=C/c2ccc(-c3ccc(C(=O)O)c(Cl)c3)o2)C1=O)Nc1cccc(F)c1. The normalized spacial score (nSPS) is 14.6. The van der Waals surface area contributed by atoms with Crippen LogP contribution in [0.25, 0.3) is 17.4 Å². The second kappa shape index (κ2) is 9.54. The smallest absolute Gasteiger partial charge is 0.337 e. The molecule has 3 aromatic rings. The first-order valence-corrected chi connectivity index (χ1v) is 10.8. The minimum atomic E-state index is -1.16. The summed E-state index contributed by atoms with van der Waals surface area (Å²) in [5, 5.41) is 10.9. The van der Waals surface area contributed by atoms with Gasteiger partial charge in [-0.3, -0.25) is 19.3 Å². The van der Waals surface area contributed by atoms with E-state index in [2.05, 4.69) is 5.32 Å². The van der Waals surface area contributed by atoms with E-state index < -0.39 is 35.4 Å². The van der Waals surface area contributed by atoms with Crippen LogP contribution in [0.5, 0.6) is 0 Å². The fourth-order valence-corrected chi connectivity index (χ4v) is 4.18. The number of nitrogens with zero attached hydrogens (tertiary/aromatic N) is 1. The van der Waals surface area contributed by atoms with Gasteiger partial charge < -0.3 is 14.8 Å². The molecule has 1 aliphatic rings. The van der Waals surface area contributed by atoms with Crippen LogP contribution in [0, 0.1) is 5.82 Å². The molecule has 2 N–H and O–H groups in total. The van der Waals surface area contributed by atoms with Gasteiger partial charge in [-0.25, -0.2) is 9.18 Å². The van der Waals surface area contributed by atoms with Crippen LogP contribution < -0.4 is 5.32 Å². The Balaban J connectivity index is 1.46. The highest BCUT2D eigenvalue weighted by Gasteiger charge is 2.36. The van der Waals surface area contributed by atoms with Crippen LogP contribution in [-0.2, 0) is 9.59 Å². The monoisotopic (exact) mass is 500 g/mol. The Morgan fingerprint density at radius 1 is 1.15 bits per heavy atom. The Bertz CT molecular complexity index is 1370. The maximum absolute atomic E-state index is 13.3.